The first kappa shape index (κ1) is 15.5. The lowest BCUT2D eigenvalue weighted by Gasteiger charge is -2.18. The largest absolute Gasteiger partial charge is 0.368 e. The lowest BCUT2D eigenvalue weighted by molar-refractivity contribution is 0.0410. The zero-order valence-corrected chi connectivity index (χ0v) is 13.6. The molecule has 2 nitrogen and oxygen atoms in total. The van der Waals surface area contributed by atoms with Crippen molar-refractivity contribution < 1.29 is 4.74 Å². The van der Waals surface area contributed by atoms with Crippen molar-refractivity contribution in [1.29, 1.82) is 0 Å². The van der Waals surface area contributed by atoms with E-state index in [0.29, 0.717) is 6.61 Å². The van der Waals surface area contributed by atoms with Gasteiger partial charge in [0.2, 0.25) is 0 Å². The minimum Gasteiger partial charge on any atom is -0.368 e. The van der Waals surface area contributed by atoms with E-state index in [4.69, 9.17) is 16.3 Å². The van der Waals surface area contributed by atoms with Crippen molar-refractivity contribution >= 4 is 27.5 Å². The van der Waals surface area contributed by atoms with Crippen molar-refractivity contribution in [1.82, 2.24) is 5.32 Å². The number of halogens is 2. The second-order valence-electron chi connectivity index (χ2n) is 4.54. The van der Waals surface area contributed by atoms with Crippen LogP contribution in [0.1, 0.15) is 17.2 Å². The zero-order valence-electron chi connectivity index (χ0n) is 11.3. The Labute approximate surface area is 133 Å². The molecule has 1 unspecified atom stereocenters. The average molecular weight is 355 g/mol. The van der Waals surface area contributed by atoms with Crippen LogP contribution in [-0.4, -0.2) is 13.6 Å². The molecule has 20 heavy (non-hydrogen) atoms. The Morgan fingerprint density at radius 3 is 2.70 bits per heavy atom. The fraction of sp³-hybridized carbons (Fsp3) is 0.250. The summed E-state index contributed by atoms with van der Waals surface area (Å²) < 4.78 is 7.08. The Balaban J connectivity index is 2.06. The van der Waals surface area contributed by atoms with Gasteiger partial charge in [0, 0.05) is 16.0 Å². The lowest BCUT2D eigenvalue weighted by Crippen LogP contribution is -2.19. The summed E-state index contributed by atoms with van der Waals surface area (Å²) in [5.41, 5.74) is 2.23. The molecule has 0 saturated carbocycles. The Morgan fingerprint density at radius 2 is 2.00 bits per heavy atom. The van der Waals surface area contributed by atoms with Gasteiger partial charge in [0.25, 0.3) is 0 Å². The molecule has 0 aliphatic rings. The average Bonchev–Trinajstić information content (AvgIpc) is 2.43. The van der Waals surface area contributed by atoms with E-state index in [1.54, 1.807) is 0 Å². The molecule has 0 aliphatic heterocycles. The predicted octanol–water partition coefficient (Wildman–Crippen LogP) is 4.58. The molecule has 0 fully saturated rings. The summed E-state index contributed by atoms with van der Waals surface area (Å²) >= 11 is 9.51. The van der Waals surface area contributed by atoms with E-state index in [1.807, 2.05) is 43.4 Å². The lowest BCUT2D eigenvalue weighted by atomic mass is 10.1. The second kappa shape index (κ2) is 7.79. The van der Waals surface area contributed by atoms with Crippen molar-refractivity contribution in [2.75, 3.05) is 13.6 Å². The maximum Gasteiger partial charge on any atom is 0.0954 e. The molecule has 0 bridgehead atoms. The standard InChI is InChI=1S/C16H17BrClNO/c1-19-10-16(13-5-3-7-15(18)9-13)20-11-12-4-2-6-14(17)8-12/h2-9,16,19H,10-11H2,1H3. The molecule has 0 heterocycles. The third-order valence-corrected chi connectivity index (χ3v) is 3.68. The van der Waals surface area contributed by atoms with Crippen LogP contribution in [-0.2, 0) is 11.3 Å². The highest BCUT2D eigenvalue weighted by Gasteiger charge is 2.11. The molecular weight excluding hydrogens is 338 g/mol. The molecule has 1 atom stereocenters. The highest BCUT2D eigenvalue weighted by atomic mass is 79.9. The van der Waals surface area contributed by atoms with Crippen LogP contribution >= 0.6 is 27.5 Å². The second-order valence-corrected chi connectivity index (χ2v) is 5.89. The minimum atomic E-state index is -0.0160. The summed E-state index contributed by atoms with van der Waals surface area (Å²) in [6, 6.07) is 15.9. The van der Waals surface area contributed by atoms with Gasteiger partial charge in [-0.15, -0.1) is 0 Å². The summed E-state index contributed by atoms with van der Waals surface area (Å²) in [6.45, 7) is 1.31. The van der Waals surface area contributed by atoms with E-state index in [2.05, 4.69) is 33.4 Å². The number of rotatable bonds is 6. The predicted molar refractivity (Wildman–Crippen MR) is 87.1 cm³/mol. The van der Waals surface area contributed by atoms with E-state index in [-0.39, 0.29) is 6.10 Å². The summed E-state index contributed by atoms with van der Waals surface area (Å²) in [6.07, 6.45) is -0.0160. The number of nitrogens with one attached hydrogen (secondary N) is 1. The number of likely N-dealkylation sites (N-methyl/N-ethyl adjacent to an activating group) is 1. The zero-order chi connectivity index (χ0) is 14.4. The number of benzene rings is 2. The third kappa shape index (κ3) is 4.60. The maximum atomic E-state index is 6.04. The fourth-order valence-electron chi connectivity index (χ4n) is 1.99. The van der Waals surface area contributed by atoms with Gasteiger partial charge in [-0.05, 0) is 42.4 Å². The molecule has 4 heteroatoms. The number of hydrogen-bond acceptors (Lipinski definition) is 2. The summed E-state index contributed by atoms with van der Waals surface area (Å²) in [5.74, 6) is 0. The van der Waals surface area contributed by atoms with Gasteiger partial charge in [-0.1, -0.05) is 51.8 Å². The maximum absolute atomic E-state index is 6.04. The van der Waals surface area contributed by atoms with Gasteiger partial charge in [-0.25, -0.2) is 0 Å². The number of ether oxygens (including phenoxy) is 1. The normalized spacial score (nSPS) is 12.3. The molecule has 1 N–H and O–H groups in total. The van der Waals surface area contributed by atoms with Crippen LogP contribution in [0.15, 0.2) is 53.0 Å². The van der Waals surface area contributed by atoms with Crippen LogP contribution < -0.4 is 5.32 Å². The van der Waals surface area contributed by atoms with Crippen LogP contribution in [0.5, 0.6) is 0 Å². The molecule has 0 amide bonds. The van der Waals surface area contributed by atoms with Crippen LogP contribution in [0.4, 0.5) is 0 Å². The first-order valence-electron chi connectivity index (χ1n) is 6.45. The summed E-state index contributed by atoms with van der Waals surface area (Å²) in [4.78, 5) is 0. The molecule has 0 aliphatic carbocycles. The Kier molecular flexibility index (Phi) is 6.05. The van der Waals surface area contributed by atoms with Crippen LogP contribution in [0, 0.1) is 0 Å². The van der Waals surface area contributed by atoms with E-state index >= 15 is 0 Å². The topological polar surface area (TPSA) is 21.3 Å². The Hall–Kier alpha value is -0.870. The first-order valence-corrected chi connectivity index (χ1v) is 7.62. The Morgan fingerprint density at radius 1 is 1.20 bits per heavy atom. The quantitative estimate of drug-likeness (QED) is 0.820. The van der Waals surface area contributed by atoms with Crippen molar-refractivity contribution in [3.63, 3.8) is 0 Å². The Bertz CT molecular complexity index is 562. The van der Waals surface area contributed by atoms with Gasteiger partial charge in [0.1, 0.15) is 0 Å². The van der Waals surface area contributed by atoms with Crippen LogP contribution in [0.25, 0.3) is 0 Å². The van der Waals surface area contributed by atoms with E-state index in [9.17, 15) is 0 Å². The van der Waals surface area contributed by atoms with Crippen molar-refractivity contribution in [3.05, 3.63) is 69.2 Å². The molecule has 0 aromatic heterocycles. The molecule has 0 radical (unpaired) electrons. The molecule has 2 aromatic carbocycles. The van der Waals surface area contributed by atoms with E-state index < -0.39 is 0 Å². The van der Waals surface area contributed by atoms with Gasteiger partial charge in [-0.2, -0.15) is 0 Å². The third-order valence-electron chi connectivity index (χ3n) is 2.95. The first-order chi connectivity index (χ1) is 9.69. The van der Waals surface area contributed by atoms with Crippen molar-refractivity contribution in [2.45, 2.75) is 12.7 Å². The summed E-state index contributed by atoms with van der Waals surface area (Å²) in [7, 11) is 1.92. The number of hydrogen-bond donors (Lipinski definition) is 1. The monoisotopic (exact) mass is 353 g/mol. The van der Waals surface area contributed by atoms with Crippen molar-refractivity contribution in [2.24, 2.45) is 0 Å². The fourth-order valence-corrected chi connectivity index (χ4v) is 2.63. The molecule has 106 valence electrons. The van der Waals surface area contributed by atoms with Crippen molar-refractivity contribution in [3.8, 4) is 0 Å². The smallest absolute Gasteiger partial charge is 0.0954 e. The minimum absolute atomic E-state index is 0.0160. The van der Waals surface area contributed by atoms with E-state index in [1.165, 1.54) is 0 Å². The molecular formula is C16H17BrClNO. The van der Waals surface area contributed by atoms with Crippen LogP contribution in [0.3, 0.4) is 0 Å². The molecule has 2 rings (SSSR count). The van der Waals surface area contributed by atoms with Gasteiger partial charge < -0.3 is 10.1 Å². The van der Waals surface area contributed by atoms with Gasteiger partial charge in [0.15, 0.2) is 0 Å². The van der Waals surface area contributed by atoms with Gasteiger partial charge in [0.05, 0.1) is 12.7 Å². The van der Waals surface area contributed by atoms with Gasteiger partial charge >= 0.3 is 0 Å². The van der Waals surface area contributed by atoms with Gasteiger partial charge in [-0.3, -0.25) is 0 Å². The highest BCUT2D eigenvalue weighted by Crippen LogP contribution is 2.22. The summed E-state index contributed by atoms with van der Waals surface area (Å²) in [5, 5.41) is 3.89. The molecule has 0 spiro atoms. The van der Waals surface area contributed by atoms with E-state index in [0.717, 1.165) is 27.2 Å². The molecule has 2 aromatic rings. The van der Waals surface area contributed by atoms with Crippen LogP contribution in [0.2, 0.25) is 5.02 Å². The molecule has 0 saturated heterocycles. The highest BCUT2D eigenvalue weighted by molar-refractivity contribution is 9.10. The SMILES string of the molecule is CNCC(OCc1cccc(Br)c1)c1cccc(Cl)c1.